The van der Waals surface area contributed by atoms with E-state index in [1.54, 1.807) is 48.5 Å². The molecule has 0 aliphatic rings. The summed E-state index contributed by atoms with van der Waals surface area (Å²) in [4.78, 5) is 20.3. The van der Waals surface area contributed by atoms with E-state index < -0.39 is 155 Å². The van der Waals surface area contributed by atoms with Crippen molar-refractivity contribution in [1.82, 2.24) is 0 Å². The maximum absolute atomic E-state index is 15.4. The Kier molecular flexibility index (Phi) is 15.8. The summed E-state index contributed by atoms with van der Waals surface area (Å²) in [6.07, 6.45) is -7.22. The maximum Gasteiger partial charge on any atom is 0.212 e. The van der Waals surface area contributed by atoms with Crippen LogP contribution in [0.15, 0.2) is 98.9 Å². The molecule has 7 nitrogen and oxygen atoms in total. The van der Waals surface area contributed by atoms with Crippen LogP contribution in [0.5, 0.6) is 0 Å². The van der Waals surface area contributed by atoms with Gasteiger partial charge in [0, 0.05) is 38.9 Å². The van der Waals surface area contributed by atoms with Crippen LogP contribution in [-0.2, 0) is 10.9 Å². The van der Waals surface area contributed by atoms with Gasteiger partial charge in [-0.05, 0) is 23.2 Å². The summed E-state index contributed by atoms with van der Waals surface area (Å²) in [5.74, 6) is -71.1. The second-order valence-corrected chi connectivity index (χ2v) is 16.5. The molecule has 0 saturated carbocycles. The van der Waals surface area contributed by atoms with Crippen molar-refractivity contribution in [2.24, 2.45) is 10.2 Å². The molecule has 376 valence electrons. The van der Waals surface area contributed by atoms with Crippen molar-refractivity contribution in [3.63, 3.8) is 0 Å². The Morgan fingerprint density at radius 1 is 0.384 bits per heavy atom. The largest absolute Gasteiger partial charge is 0.289 e. The predicted molar refractivity (Wildman–Crippen MR) is 219 cm³/mol. The van der Waals surface area contributed by atoms with E-state index >= 15 is 35.1 Å². The van der Waals surface area contributed by atoms with Gasteiger partial charge in [-0.15, -0.1) is 21.9 Å². The number of Topliss-reactive ketones (excluding diaryl/α,β-unsaturated/α-hetero) is 1. The van der Waals surface area contributed by atoms with Gasteiger partial charge >= 0.3 is 0 Å². The van der Waals surface area contributed by atoms with Crippen molar-refractivity contribution < 1.29 is 92.6 Å². The molecular weight excluding hydrogens is 1050 g/mol. The second kappa shape index (κ2) is 21.3. The van der Waals surface area contributed by atoms with Gasteiger partial charge in [-0.2, -0.15) is 0 Å². The van der Waals surface area contributed by atoms with Crippen molar-refractivity contribution in [3.8, 4) is 0 Å². The normalized spacial score (nSPS) is 11.6. The zero-order valence-corrected chi connectivity index (χ0v) is 35.7. The number of hydrogen-bond donors (Lipinski definition) is 0. The molecule has 0 N–H and O–H groups in total. The van der Waals surface area contributed by atoms with E-state index in [4.69, 9.17) is 11.1 Å². The van der Waals surface area contributed by atoms with Crippen molar-refractivity contribution in [3.05, 3.63) is 222 Å². The van der Waals surface area contributed by atoms with Gasteiger partial charge < -0.3 is 0 Å². The standard InChI is InChI=1S/C24BF20.C20H15N6OS/c26-5-1(6(27)14(35)21(42)13(5)34)25(2-7(28)15(36)22(43)16(37)8(2)29,3-9(30)17(38)23(44)18(39)10(3)31)4-11(32)19(40)24(45)20(41)12(4)33;21-25-23-16-8-4-10-18(12-16)28(14-20(27)15-6-2-1-3-7-15)19-11-5-9-17(13-19)24-26-22/h;1-13H,14H2/q-1;+1. The highest BCUT2D eigenvalue weighted by Crippen LogP contribution is 2.33. The van der Waals surface area contributed by atoms with E-state index in [2.05, 4.69) is 20.1 Å². The van der Waals surface area contributed by atoms with E-state index in [1.165, 1.54) is 0 Å². The van der Waals surface area contributed by atoms with Gasteiger partial charge in [0.1, 0.15) is 52.7 Å². The molecule has 0 unspecified atom stereocenters. The first kappa shape index (κ1) is 54.2. The third-order valence-electron chi connectivity index (χ3n) is 10.6. The minimum Gasteiger partial charge on any atom is -0.289 e. The molecule has 0 radical (unpaired) electrons. The van der Waals surface area contributed by atoms with Gasteiger partial charge in [0.15, 0.2) is 85.4 Å². The monoisotopic (exact) mass is 1070 g/mol. The SMILES string of the molecule is Fc1c(F)c(F)c([B-](c2c(F)c(F)c(F)c(F)c2F)(c2c(F)c(F)c(F)c(F)c2F)c2c(F)c(F)c(F)c(F)c2F)c(F)c1F.[N-]=[N+]=Nc1cccc([S+](CC(=O)c2ccccc2)c2cccc(N=[N+]=[N-])c2)c1. The van der Waals surface area contributed by atoms with Crippen LogP contribution in [0, 0.1) is 116 Å². The number of carbonyl (C=O) groups is 1. The molecular formula is C44H15BF20N6OS. The van der Waals surface area contributed by atoms with Crippen LogP contribution in [0.1, 0.15) is 10.4 Å². The minimum atomic E-state index is -7.22. The fraction of sp³-hybridized carbons (Fsp3) is 0.0227. The number of ketones is 1. The lowest BCUT2D eigenvalue weighted by molar-refractivity contribution is 0.102. The van der Waals surface area contributed by atoms with Crippen LogP contribution in [0.2, 0.25) is 0 Å². The molecule has 0 saturated heterocycles. The van der Waals surface area contributed by atoms with Crippen molar-refractivity contribution in [1.29, 1.82) is 0 Å². The van der Waals surface area contributed by atoms with E-state index in [9.17, 15) is 57.5 Å². The number of halogens is 20. The van der Waals surface area contributed by atoms with Gasteiger partial charge in [0.25, 0.3) is 0 Å². The van der Waals surface area contributed by atoms with Gasteiger partial charge in [-0.25, -0.2) is 87.8 Å². The van der Waals surface area contributed by atoms with E-state index in [0.29, 0.717) is 16.9 Å². The zero-order valence-electron chi connectivity index (χ0n) is 34.8. The predicted octanol–water partition coefficient (Wildman–Crippen LogP) is 12.3. The third kappa shape index (κ3) is 9.32. The Bertz CT molecular complexity index is 3060. The summed E-state index contributed by atoms with van der Waals surface area (Å²) < 4.78 is 294. The molecule has 0 spiro atoms. The first-order valence-corrected chi connectivity index (χ1v) is 20.6. The molecule has 7 aromatic carbocycles. The van der Waals surface area contributed by atoms with Crippen LogP contribution in [-0.4, -0.2) is 17.7 Å². The molecule has 0 heterocycles. The number of rotatable bonds is 11. The topological polar surface area (TPSA) is 115 Å². The van der Waals surface area contributed by atoms with Gasteiger partial charge in [0.2, 0.25) is 5.78 Å². The quantitative estimate of drug-likeness (QED) is 0.0145. The summed E-state index contributed by atoms with van der Waals surface area (Å²) in [6, 6.07) is 23.5. The van der Waals surface area contributed by atoms with Crippen LogP contribution >= 0.6 is 0 Å². The van der Waals surface area contributed by atoms with Crippen LogP contribution in [0.3, 0.4) is 0 Å². The smallest absolute Gasteiger partial charge is 0.212 e. The minimum absolute atomic E-state index is 0.00677. The lowest BCUT2D eigenvalue weighted by Crippen LogP contribution is -2.81. The van der Waals surface area contributed by atoms with E-state index in [0.717, 1.165) is 9.79 Å². The molecule has 29 heteroatoms. The highest BCUT2D eigenvalue weighted by Gasteiger charge is 2.52. The lowest BCUT2D eigenvalue weighted by Gasteiger charge is -2.44. The summed E-state index contributed by atoms with van der Waals surface area (Å²) in [6.45, 7) is 0. The Balaban J connectivity index is 0.000000265. The Morgan fingerprint density at radius 3 is 0.904 bits per heavy atom. The van der Waals surface area contributed by atoms with Crippen molar-refractivity contribution in [2.45, 2.75) is 9.79 Å². The molecule has 0 aliphatic heterocycles. The number of hydrogen-bond acceptors (Lipinski definition) is 3. The first-order chi connectivity index (χ1) is 34.4. The van der Waals surface area contributed by atoms with Crippen LogP contribution in [0.25, 0.3) is 20.9 Å². The van der Waals surface area contributed by atoms with Gasteiger partial charge in [-0.1, -0.05) is 64.8 Å². The number of benzene rings is 7. The van der Waals surface area contributed by atoms with Crippen molar-refractivity contribution in [2.75, 3.05) is 5.75 Å². The molecule has 0 bridgehead atoms. The molecule has 7 rings (SSSR count). The fourth-order valence-corrected chi connectivity index (χ4v) is 9.56. The molecule has 0 aromatic heterocycles. The van der Waals surface area contributed by atoms with E-state index in [-0.39, 0.29) is 11.5 Å². The molecule has 0 aliphatic carbocycles. The number of nitrogens with zero attached hydrogens (tertiary/aromatic N) is 6. The maximum atomic E-state index is 15.4. The van der Waals surface area contributed by atoms with Gasteiger partial charge in [0.05, 0.1) is 10.9 Å². The number of carbonyl (C=O) groups excluding carboxylic acids is 1. The average molecular weight is 1070 g/mol. The Hall–Kier alpha value is -8.16. The molecule has 0 amide bonds. The van der Waals surface area contributed by atoms with Crippen LogP contribution in [0.4, 0.5) is 99.2 Å². The Labute approximate surface area is 395 Å². The second-order valence-electron chi connectivity index (χ2n) is 14.5. The third-order valence-corrected chi connectivity index (χ3v) is 12.8. The molecule has 73 heavy (non-hydrogen) atoms. The highest BCUT2D eigenvalue weighted by atomic mass is 32.2. The fourth-order valence-electron chi connectivity index (χ4n) is 7.52. The van der Waals surface area contributed by atoms with Crippen molar-refractivity contribution >= 4 is 56.1 Å². The molecule has 7 aromatic rings. The molecule has 0 fully saturated rings. The summed E-state index contributed by atoms with van der Waals surface area (Å²) in [7, 11) is -0.626. The van der Waals surface area contributed by atoms with E-state index in [1.807, 2.05) is 30.3 Å². The number of azide groups is 2. The highest BCUT2D eigenvalue weighted by molar-refractivity contribution is 7.97. The average Bonchev–Trinajstić information content (AvgIpc) is 3.38. The summed E-state index contributed by atoms with van der Waals surface area (Å²) in [5, 5.41) is 7.32. The molecule has 0 atom stereocenters. The Morgan fingerprint density at radius 2 is 0.644 bits per heavy atom. The lowest BCUT2D eigenvalue weighted by atomic mass is 9.12. The summed E-state index contributed by atoms with van der Waals surface area (Å²) >= 11 is 0. The first-order valence-electron chi connectivity index (χ1n) is 19.2. The zero-order chi connectivity index (χ0) is 54.1. The summed E-state index contributed by atoms with van der Waals surface area (Å²) in [5.41, 5.74) is 4.70. The van der Waals surface area contributed by atoms with Crippen LogP contribution < -0.4 is 21.9 Å². The van der Waals surface area contributed by atoms with Gasteiger partial charge in [-0.3, -0.25) is 4.79 Å².